The molecule has 0 atom stereocenters. The molecule has 0 aliphatic rings. The summed E-state index contributed by atoms with van der Waals surface area (Å²) < 4.78 is 12.8. The minimum Gasteiger partial charge on any atom is -0.506 e. The van der Waals surface area contributed by atoms with Gasteiger partial charge in [-0.3, -0.25) is 10.1 Å². The maximum Gasteiger partial charge on any atom is 0.257 e. The van der Waals surface area contributed by atoms with E-state index in [1.54, 1.807) is 18.2 Å². The van der Waals surface area contributed by atoms with Gasteiger partial charge in [-0.05, 0) is 61.1 Å². The second-order valence-electron chi connectivity index (χ2n) is 4.44. The largest absolute Gasteiger partial charge is 0.506 e. The van der Waals surface area contributed by atoms with E-state index in [0.29, 0.717) is 5.69 Å². The zero-order chi connectivity index (χ0) is 15.4. The molecule has 4 nitrogen and oxygen atoms in total. The summed E-state index contributed by atoms with van der Waals surface area (Å²) >= 11 is 5.00. The fourth-order valence-electron chi connectivity index (χ4n) is 1.68. The number of halogens is 1. The molecule has 6 heteroatoms. The van der Waals surface area contributed by atoms with Gasteiger partial charge < -0.3 is 10.4 Å². The first-order valence-electron chi connectivity index (χ1n) is 6.13. The molecule has 0 fully saturated rings. The van der Waals surface area contributed by atoms with Gasteiger partial charge in [-0.25, -0.2) is 4.39 Å². The van der Waals surface area contributed by atoms with Crippen LogP contribution in [0.3, 0.4) is 0 Å². The third-order valence-electron chi connectivity index (χ3n) is 2.73. The van der Waals surface area contributed by atoms with Crippen LogP contribution in [0.1, 0.15) is 15.9 Å². The molecule has 0 bridgehead atoms. The number of thiocarbonyl (C=S) groups is 1. The van der Waals surface area contributed by atoms with Gasteiger partial charge in [0.05, 0.1) is 5.69 Å². The predicted octanol–water partition coefficient (Wildman–Crippen LogP) is 2.97. The Bertz CT molecular complexity index is 687. The number of aryl methyl sites for hydroxylation is 1. The summed E-state index contributed by atoms with van der Waals surface area (Å²) in [5.41, 5.74) is 1.58. The van der Waals surface area contributed by atoms with Crippen LogP contribution in [0.25, 0.3) is 0 Å². The zero-order valence-electron chi connectivity index (χ0n) is 11.2. The van der Waals surface area contributed by atoms with Gasteiger partial charge in [-0.15, -0.1) is 0 Å². The smallest absolute Gasteiger partial charge is 0.257 e. The lowest BCUT2D eigenvalue weighted by atomic mass is 10.2. The average Bonchev–Trinajstić information content (AvgIpc) is 2.42. The number of benzene rings is 2. The molecule has 0 heterocycles. The molecule has 0 unspecified atom stereocenters. The van der Waals surface area contributed by atoms with Crippen LogP contribution in [0, 0.1) is 12.7 Å². The lowest BCUT2D eigenvalue weighted by Crippen LogP contribution is -2.34. The lowest BCUT2D eigenvalue weighted by molar-refractivity contribution is 0.0977. The van der Waals surface area contributed by atoms with Gasteiger partial charge >= 0.3 is 0 Å². The third-order valence-corrected chi connectivity index (χ3v) is 2.94. The van der Waals surface area contributed by atoms with Crippen LogP contribution in [-0.2, 0) is 0 Å². The molecule has 0 aliphatic heterocycles. The van der Waals surface area contributed by atoms with Gasteiger partial charge in [0.1, 0.15) is 11.6 Å². The van der Waals surface area contributed by atoms with Crippen molar-refractivity contribution < 1.29 is 14.3 Å². The number of hydrogen-bond donors (Lipinski definition) is 3. The van der Waals surface area contributed by atoms with E-state index in [-0.39, 0.29) is 16.4 Å². The molecular weight excluding hydrogens is 291 g/mol. The molecule has 108 valence electrons. The zero-order valence-corrected chi connectivity index (χ0v) is 12.0. The van der Waals surface area contributed by atoms with Crippen LogP contribution in [0.15, 0.2) is 42.5 Å². The Hall–Kier alpha value is -2.47. The van der Waals surface area contributed by atoms with Crippen molar-refractivity contribution in [1.29, 1.82) is 0 Å². The van der Waals surface area contributed by atoms with Gasteiger partial charge in [0.15, 0.2) is 5.11 Å². The highest BCUT2D eigenvalue weighted by atomic mass is 32.1. The number of nitrogens with one attached hydrogen (secondary N) is 2. The van der Waals surface area contributed by atoms with Crippen LogP contribution in [0.5, 0.6) is 5.75 Å². The summed E-state index contributed by atoms with van der Waals surface area (Å²) in [5.74, 6) is -0.843. The summed E-state index contributed by atoms with van der Waals surface area (Å²) in [6, 6.07) is 10.1. The van der Waals surface area contributed by atoms with Crippen LogP contribution < -0.4 is 10.6 Å². The molecule has 0 saturated heterocycles. The second kappa shape index (κ2) is 6.32. The number of phenolic OH excluding ortho intramolecular Hbond substituents is 1. The first-order chi connectivity index (χ1) is 9.95. The predicted molar refractivity (Wildman–Crippen MR) is 82.9 cm³/mol. The van der Waals surface area contributed by atoms with E-state index in [1.807, 2.05) is 6.92 Å². The number of aromatic hydroxyl groups is 1. The minimum absolute atomic E-state index is 0.0355. The molecule has 0 spiro atoms. The van der Waals surface area contributed by atoms with Gasteiger partial charge in [-0.1, -0.05) is 6.07 Å². The van der Waals surface area contributed by atoms with Crippen molar-refractivity contribution in [3.63, 3.8) is 0 Å². The fourth-order valence-corrected chi connectivity index (χ4v) is 1.88. The Labute approximate surface area is 126 Å². The number of anilines is 1. The number of phenols is 1. The fraction of sp³-hybridized carbons (Fsp3) is 0.0667. The molecule has 2 rings (SSSR count). The summed E-state index contributed by atoms with van der Waals surface area (Å²) in [6.45, 7) is 1.85. The molecule has 0 saturated carbocycles. The maximum absolute atomic E-state index is 12.8. The molecule has 0 aromatic heterocycles. The normalized spacial score (nSPS) is 10.0. The Kier molecular flexibility index (Phi) is 4.49. The molecule has 2 aromatic rings. The van der Waals surface area contributed by atoms with Crippen molar-refractivity contribution in [2.75, 3.05) is 5.32 Å². The van der Waals surface area contributed by atoms with E-state index in [9.17, 15) is 14.3 Å². The summed E-state index contributed by atoms with van der Waals surface area (Å²) in [6.07, 6.45) is 0. The van der Waals surface area contributed by atoms with Crippen LogP contribution in [0.4, 0.5) is 10.1 Å². The van der Waals surface area contributed by atoms with E-state index in [4.69, 9.17) is 12.2 Å². The monoisotopic (exact) mass is 304 g/mol. The molecule has 0 radical (unpaired) electrons. The number of amides is 1. The average molecular weight is 304 g/mol. The molecular formula is C15H13FN2O2S. The second-order valence-corrected chi connectivity index (χ2v) is 4.84. The van der Waals surface area contributed by atoms with Crippen molar-refractivity contribution in [1.82, 2.24) is 5.32 Å². The van der Waals surface area contributed by atoms with Gasteiger partial charge in [0.2, 0.25) is 0 Å². The highest BCUT2D eigenvalue weighted by Gasteiger charge is 2.09. The first kappa shape index (κ1) is 14.9. The SMILES string of the molecule is Cc1ccc(NC(=S)NC(=O)c2ccc(F)cc2)c(O)c1. The molecule has 2 aromatic carbocycles. The number of rotatable bonds is 2. The van der Waals surface area contributed by atoms with Crippen molar-refractivity contribution in [3.05, 3.63) is 59.4 Å². The van der Waals surface area contributed by atoms with E-state index in [2.05, 4.69) is 10.6 Å². The topological polar surface area (TPSA) is 61.4 Å². The van der Waals surface area contributed by atoms with E-state index < -0.39 is 11.7 Å². The number of carbonyl (C=O) groups excluding carboxylic acids is 1. The molecule has 3 N–H and O–H groups in total. The van der Waals surface area contributed by atoms with Crippen LogP contribution in [0.2, 0.25) is 0 Å². The van der Waals surface area contributed by atoms with Crippen LogP contribution in [-0.4, -0.2) is 16.1 Å². The Morgan fingerprint density at radius 1 is 1.19 bits per heavy atom. The highest BCUT2D eigenvalue weighted by Crippen LogP contribution is 2.23. The lowest BCUT2D eigenvalue weighted by Gasteiger charge is -2.11. The quantitative estimate of drug-likeness (QED) is 0.590. The molecule has 0 aliphatic carbocycles. The van der Waals surface area contributed by atoms with Gasteiger partial charge in [0.25, 0.3) is 5.91 Å². The standard InChI is InChI=1S/C15H13FN2O2S/c1-9-2-7-12(13(19)8-9)17-15(21)18-14(20)10-3-5-11(16)6-4-10/h2-8,19H,1H3,(H2,17,18,20,21). The summed E-state index contributed by atoms with van der Waals surface area (Å²) in [5, 5.41) is 15.0. The molecule has 1 amide bonds. The summed E-state index contributed by atoms with van der Waals surface area (Å²) in [4.78, 5) is 11.9. The maximum atomic E-state index is 12.8. The van der Waals surface area contributed by atoms with Crippen molar-refractivity contribution in [2.24, 2.45) is 0 Å². The van der Waals surface area contributed by atoms with Crippen molar-refractivity contribution >= 4 is 28.9 Å². The van der Waals surface area contributed by atoms with E-state index in [1.165, 1.54) is 24.3 Å². The summed E-state index contributed by atoms with van der Waals surface area (Å²) in [7, 11) is 0. The van der Waals surface area contributed by atoms with Crippen LogP contribution >= 0.6 is 12.2 Å². The first-order valence-corrected chi connectivity index (χ1v) is 6.54. The van der Waals surface area contributed by atoms with Crippen molar-refractivity contribution in [2.45, 2.75) is 6.92 Å². The van der Waals surface area contributed by atoms with Gasteiger partial charge in [-0.2, -0.15) is 0 Å². The highest BCUT2D eigenvalue weighted by molar-refractivity contribution is 7.80. The molecule has 21 heavy (non-hydrogen) atoms. The Morgan fingerprint density at radius 3 is 2.48 bits per heavy atom. The number of hydrogen-bond acceptors (Lipinski definition) is 3. The Balaban J connectivity index is 2.01. The van der Waals surface area contributed by atoms with E-state index >= 15 is 0 Å². The van der Waals surface area contributed by atoms with E-state index in [0.717, 1.165) is 5.56 Å². The minimum atomic E-state index is -0.459. The number of carbonyl (C=O) groups is 1. The third kappa shape index (κ3) is 4.00. The van der Waals surface area contributed by atoms with Gasteiger partial charge in [0, 0.05) is 5.56 Å². The van der Waals surface area contributed by atoms with Crippen molar-refractivity contribution in [3.8, 4) is 5.75 Å². The Morgan fingerprint density at radius 2 is 1.86 bits per heavy atom.